The quantitative estimate of drug-likeness (QED) is 0.681. The van der Waals surface area contributed by atoms with Crippen molar-refractivity contribution in [1.29, 1.82) is 0 Å². The summed E-state index contributed by atoms with van der Waals surface area (Å²) in [5.74, 6) is 1.08. The van der Waals surface area contributed by atoms with Gasteiger partial charge in [0.15, 0.2) is 11.5 Å². The van der Waals surface area contributed by atoms with Crippen LogP contribution in [0.5, 0.6) is 0 Å². The smallest absolute Gasteiger partial charge is 0.223 e. The highest BCUT2D eigenvalue weighted by molar-refractivity contribution is 5.77. The fraction of sp³-hybridized carbons (Fsp3) is 0.435. The van der Waals surface area contributed by atoms with Crippen LogP contribution in [0, 0.1) is 0 Å². The van der Waals surface area contributed by atoms with Gasteiger partial charge in [0.25, 0.3) is 0 Å². The van der Waals surface area contributed by atoms with Crippen LogP contribution < -0.4 is 0 Å². The molecule has 1 unspecified atom stereocenters. The maximum Gasteiger partial charge on any atom is 0.223 e. The molecule has 0 N–H and O–H groups in total. The molecule has 3 heterocycles. The van der Waals surface area contributed by atoms with Crippen LogP contribution in [0.3, 0.4) is 0 Å². The summed E-state index contributed by atoms with van der Waals surface area (Å²) in [7, 11) is 0. The fourth-order valence-corrected chi connectivity index (χ4v) is 3.99. The maximum absolute atomic E-state index is 13.0. The first-order valence-electron chi connectivity index (χ1n) is 10.1. The van der Waals surface area contributed by atoms with E-state index in [2.05, 4.69) is 55.2 Å². The topological polar surface area (TPSA) is 50.5 Å². The molecule has 1 fully saturated rings. The molecule has 1 amide bonds. The molecule has 2 aromatic heterocycles. The lowest BCUT2D eigenvalue weighted by Crippen LogP contribution is -2.31. The third-order valence-corrected chi connectivity index (χ3v) is 5.66. The van der Waals surface area contributed by atoms with E-state index in [9.17, 15) is 4.79 Å². The standard InChI is InChI=1S/C23H28N4O/c1-23(2,3)18-12-9-17(10-13-18)11-14-21(28)26-16-6-7-19(26)22-25-24-20-8-4-5-15-27(20)22/h4-5,8-10,12-13,15,19H,6-7,11,14,16H2,1-3H3. The van der Waals surface area contributed by atoms with Gasteiger partial charge in [0.05, 0.1) is 6.04 Å². The molecule has 0 saturated carbocycles. The SMILES string of the molecule is CC(C)(C)c1ccc(CCC(=O)N2CCCC2c2nnc3ccccn23)cc1. The molecule has 1 saturated heterocycles. The van der Waals surface area contributed by atoms with Crippen molar-refractivity contribution in [3.63, 3.8) is 0 Å². The van der Waals surface area contributed by atoms with Crippen LogP contribution in [0.15, 0.2) is 48.7 Å². The molecule has 1 aliphatic rings. The summed E-state index contributed by atoms with van der Waals surface area (Å²) < 4.78 is 2.00. The molecule has 5 heteroatoms. The van der Waals surface area contributed by atoms with E-state index in [1.165, 1.54) is 11.1 Å². The number of benzene rings is 1. The molecule has 1 aliphatic heterocycles. The number of aryl methyl sites for hydroxylation is 1. The summed E-state index contributed by atoms with van der Waals surface area (Å²) in [5, 5.41) is 8.63. The summed E-state index contributed by atoms with van der Waals surface area (Å²) in [6.45, 7) is 7.45. The summed E-state index contributed by atoms with van der Waals surface area (Å²) in [5.41, 5.74) is 3.51. The molecule has 5 nitrogen and oxygen atoms in total. The third-order valence-electron chi connectivity index (χ3n) is 5.66. The lowest BCUT2D eigenvalue weighted by Gasteiger charge is -2.23. The normalized spacial score (nSPS) is 17.4. The van der Waals surface area contributed by atoms with Gasteiger partial charge in [0.2, 0.25) is 5.91 Å². The highest BCUT2D eigenvalue weighted by Crippen LogP contribution is 2.32. The van der Waals surface area contributed by atoms with Crippen LogP contribution in [0.25, 0.3) is 5.65 Å². The van der Waals surface area contributed by atoms with Crippen molar-refractivity contribution in [2.45, 2.75) is 57.9 Å². The molecular formula is C23H28N4O. The average molecular weight is 377 g/mol. The number of hydrogen-bond acceptors (Lipinski definition) is 3. The van der Waals surface area contributed by atoms with Gasteiger partial charge in [-0.3, -0.25) is 9.20 Å². The van der Waals surface area contributed by atoms with E-state index >= 15 is 0 Å². The summed E-state index contributed by atoms with van der Waals surface area (Å²) in [6.07, 6.45) is 5.23. The zero-order valence-electron chi connectivity index (χ0n) is 16.9. The molecule has 146 valence electrons. The number of fused-ring (bicyclic) bond motifs is 1. The molecular weight excluding hydrogens is 348 g/mol. The molecule has 3 aromatic rings. The molecule has 0 bridgehead atoms. The highest BCUT2D eigenvalue weighted by Gasteiger charge is 2.32. The summed E-state index contributed by atoms with van der Waals surface area (Å²) >= 11 is 0. The van der Waals surface area contributed by atoms with E-state index in [1.54, 1.807) is 0 Å². The van der Waals surface area contributed by atoms with E-state index < -0.39 is 0 Å². The van der Waals surface area contributed by atoms with Crippen LogP contribution in [-0.2, 0) is 16.6 Å². The average Bonchev–Trinajstić information content (AvgIpc) is 3.32. The first-order chi connectivity index (χ1) is 13.4. The van der Waals surface area contributed by atoms with Gasteiger partial charge in [-0.15, -0.1) is 10.2 Å². The van der Waals surface area contributed by atoms with E-state index in [0.717, 1.165) is 37.3 Å². The zero-order valence-corrected chi connectivity index (χ0v) is 16.9. The summed E-state index contributed by atoms with van der Waals surface area (Å²) in [6, 6.07) is 14.6. The Morgan fingerprint density at radius 1 is 1.11 bits per heavy atom. The second-order valence-electron chi connectivity index (χ2n) is 8.68. The minimum Gasteiger partial charge on any atom is -0.332 e. The Bertz CT molecular complexity index is 968. The van der Waals surface area contributed by atoms with Gasteiger partial charge in [0.1, 0.15) is 0 Å². The number of hydrogen-bond donors (Lipinski definition) is 0. The number of amides is 1. The predicted molar refractivity (Wildman–Crippen MR) is 110 cm³/mol. The summed E-state index contributed by atoms with van der Waals surface area (Å²) in [4.78, 5) is 14.9. The third kappa shape index (κ3) is 3.66. The first-order valence-corrected chi connectivity index (χ1v) is 10.1. The van der Waals surface area contributed by atoms with Crippen molar-refractivity contribution in [2.24, 2.45) is 0 Å². The van der Waals surface area contributed by atoms with Crippen molar-refractivity contribution >= 4 is 11.6 Å². The number of carbonyl (C=O) groups is 1. The number of pyridine rings is 1. The Kier molecular flexibility index (Phi) is 4.92. The minimum atomic E-state index is 0.0215. The van der Waals surface area contributed by atoms with Gasteiger partial charge in [0, 0.05) is 19.2 Å². The first kappa shape index (κ1) is 18.7. The Morgan fingerprint density at radius 2 is 1.89 bits per heavy atom. The monoisotopic (exact) mass is 376 g/mol. The molecule has 0 spiro atoms. The van der Waals surface area contributed by atoms with Crippen LogP contribution in [0.2, 0.25) is 0 Å². The molecule has 1 atom stereocenters. The van der Waals surface area contributed by atoms with Gasteiger partial charge in [-0.1, -0.05) is 51.1 Å². The molecule has 28 heavy (non-hydrogen) atoms. The largest absolute Gasteiger partial charge is 0.332 e. The number of carbonyl (C=O) groups excluding carboxylic acids is 1. The Balaban J connectivity index is 1.44. The van der Waals surface area contributed by atoms with Crippen molar-refractivity contribution in [1.82, 2.24) is 19.5 Å². The van der Waals surface area contributed by atoms with Crippen molar-refractivity contribution in [3.05, 3.63) is 65.6 Å². The van der Waals surface area contributed by atoms with Crippen LogP contribution in [0.4, 0.5) is 0 Å². The Labute approximate surface area is 166 Å². The second-order valence-corrected chi connectivity index (χ2v) is 8.68. The van der Waals surface area contributed by atoms with Gasteiger partial charge in [-0.05, 0) is 47.9 Å². The number of likely N-dealkylation sites (tertiary alicyclic amines) is 1. The lowest BCUT2D eigenvalue weighted by molar-refractivity contribution is -0.132. The van der Waals surface area contributed by atoms with Crippen molar-refractivity contribution in [3.8, 4) is 0 Å². The maximum atomic E-state index is 13.0. The van der Waals surface area contributed by atoms with E-state index in [0.29, 0.717) is 6.42 Å². The second kappa shape index (κ2) is 7.38. The molecule has 0 radical (unpaired) electrons. The van der Waals surface area contributed by atoms with Gasteiger partial charge >= 0.3 is 0 Å². The van der Waals surface area contributed by atoms with Crippen LogP contribution in [0.1, 0.15) is 63.0 Å². The van der Waals surface area contributed by atoms with Crippen molar-refractivity contribution < 1.29 is 4.79 Å². The minimum absolute atomic E-state index is 0.0215. The lowest BCUT2D eigenvalue weighted by atomic mass is 9.86. The number of aromatic nitrogens is 3. The van der Waals surface area contributed by atoms with E-state index in [-0.39, 0.29) is 17.4 Å². The Hall–Kier alpha value is -2.69. The van der Waals surface area contributed by atoms with Gasteiger partial charge < -0.3 is 4.90 Å². The predicted octanol–water partition coefficient (Wildman–Crippen LogP) is 4.32. The fourth-order valence-electron chi connectivity index (χ4n) is 3.99. The Morgan fingerprint density at radius 3 is 2.64 bits per heavy atom. The zero-order chi connectivity index (χ0) is 19.7. The number of nitrogens with zero attached hydrogens (tertiary/aromatic N) is 4. The van der Waals surface area contributed by atoms with Gasteiger partial charge in [-0.2, -0.15) is 0 Å². The van der Waals surface area contributed by atoms with Crippen LogP contribution in [-0.4, -0.2) is 31.9 Å². The van der Waals surface area contributed by atoms with Crippen molar-refractivity contribution in [2.75, 3.05) is 6.54 Å². The van der Waals surface area contributed by atoms with E-state index in [1.807, 2.05) is 33.7 Å². The van der Waals surface area contributed by atoms with E-state index in [4.69, 9.17) is 0 Å². The van der Waals surface area contributed by atoms with Crippen LogP contribution >= 0.6 is 0 Å². The molecule has 1 aromatic carbocycles. The molecule has 4 rings (SSSR count). The van der Waals surface area contributed by atoms with Gasteiger partial charge in [-0.25, -0.2) is 0 Å². The number of rotatable bonds is 4. The highest BCUT2D eigenvalue weighted by atomic mass is 16.2. The molecule has 0 aliphatic carbocycles.